The van der Waals surface area contributed by atoms with Gasteiger partial charge in [-0.3, -0.25) is 14.4 Å². The first-order valence-corrected chi connectivity index (χ1v) is 14.6. The predicted octanol–water partition coefficient (Wildman–Crippen LogP) is 2.09. The van der Waals surface area contributed by atoms with Crippen LogP contribution in [0.3, 0.4) is 0 Å². The third-order valence-corrected chi connectivity index (χ3v) is 9.30. The molecule has 12 heteroatoms. The fraction of sp³-hybridized carbons (Fsp3) is 0.458. The molecule has 3 aliphatic rings. The van der Waals surface area contributed by atoms with Crippen LogP contribution in [0.4, 0.5) is 0 Å². The number of sulfonamides is 1. The molecule has 2 amide bonds. The number of piperidine rings is 2. The molecule has 2 aromatic rings. The zero-order chi connectivity index (χ0) is 25.4. The summed E-state index contributed by atoms with van der Waals surface area (Å²) in [5.41, 5.74) is 0.945. The van der Waals surface area contributed by atoms with Crippen molar-refractivity contribution in [2.45, 2.75) is 37.8 Å². The van der Waals surface area contributed by atoms with E-state index in [0.29, 0.717) is 48.2 Å². The fourth-order valence-corrected chi connectivity index (χ4v) is 7.45. The molecule has 1 N–H and O–H groups in total. The second-order valence-electron chi connectivity index (χ2n) is 9.56. The maximum atomic E-state index is 13.2. The van der Waals surface area contributed by atoms with Crippen LogP contribution in [0, 0.1) is 5.92 Å². The van der Waals surface area contributed by atoms with Crippen molar-refractivity contribution >= 4 is 50.9 Å². The minimum Gasteiger partial charge on any atom is -0.340 e. The van der Waals surface area contributed by atoms with E-state index in [-0.39, 0.29) is 35.8 Å². The average molecular weight is 551 g/mol. The van der Waals surface area contributed by atoms with Crippen LogP contribution >= 0.6 is 22.9 Å². The van der Waals surface area contributed by atoms with Gasteiger partial charge < -0.3 is 14.4 Å². The standard InChI is InChI=1S/C24H27ClN4O5S2/c25-21-7-6-18(35-21)8-10-36(33,34)26-19-3-2-9-27(24(19)32)15-23(31)28-12-16-11-17(14-28)20-4-1-5-22(30)29(20)13-16/h1,4-8,10,16-17,19,26H,2-3,9,11-15H2/b10-8+/t16-,17?,19-/m0/s1. The number of pyridine rings is 1. The van der Waals surface area contributed by atoms with Crippen molar-refractivity contribution in [2.24, 2.45) is 5.92 Å². The van der Waals surface area contributed by atoms with Crippen molar-refractivity contribution < 1.29 is 18.0 Å². The summed E-state index contributed by atoms with van der Waals surface area (Å²) < 4.78 is 29.9. The number of nitrogens with one attached hydrogen (secondary N) is 1. The molecule has 0 aromatic carbocycles. The molecular formula is C24H27ClN4O5S2. The zero-order valence-corrected chi connectivity index (χ0v) is 21.9. The largest absolute Gasteiger partial charge is 0.340 e. The number of hydrogen-bond donors (Lipinski definition) is 1. The molecule has 2 bridgehead atoms. The summed E-state index contributed by atoms with van der Waals surface area (Å²) in [5.74, 6) is -0.249. The summed E-state index contributed by atoms with van der Waals surface area (Å²) in [6, 6.07) is 7.75. The molecule has 0 saturated carbocycles. The molecule has 0 radical (unpaired) electrons. The minimum absolute atomic E-state index is 0.0107. The van der Waals surface area contributed by atoms with Gasteiger partial charge in [-0.2, -0.15) is 4.72 Å². The van der Waals surface area contributed by atoms with Crippen LogP contribution in [0.25, 0.3) is 6.08 Å². The Morgan fingerprint density at radius 3 is 2.78 bits per heavy atom. The molecule has 0 spiro atoms. The van der Waals surface area contributed by atoms with Crippen LogP contribution < -0.4 is 10.3 Å². The number of amides is 2. The van der Waals surface area contributed by atoms with Crippen LogP contribution in [-0.2, 0) is 26.2 Å². The molecule has 5 rings (SSSR count). The van der Waals surface area contributed by atoms with Crippen molar-refractivity contribution in [3.8, 4) is 0 Å². The first-order chi connectivity index (χ1) is 17.2. The minimum atomic E-state index is -3.86. The van der Waals surface area contributed by atoms with Crippen LogP contribution in [-0.4, -0.2) is 66.8 Å². The summed E-state index contributed by atoms with van der Waals surface area (Å²) in [7, 11) is -3.86. The lowest BCUT2D eigenvalue weighted by Gasteiger charge is -2.43. The number of nitrogens with zero attached hydrogens (tertiary/aromatic N) is 3. The van der Waals surface area contributed by atoms with E-state index < -0.39 is 16.1 Å². The zero-order valence-electron chi connectivity index (χ0n) is 19.5. The summed E-state index contributed by atoms with van der Waals surface area (Å²) in [5, 5.41) is 1.03. The highest BCUT2D eigenvalue weighted by molar-refractivity contribution is 7.92. The quantitative estimate of drug-likeness (QED) is 0.592. The molecule has 9 nitrogen and oxygen atoms in total. The van der Waals surface area contributed by atoms with Crippen molar-refractivity contribution in [2.75, 3.05) is 26.2 Å². The monoisotopic (exact) mass is 550 g/mol. The smallest absolute Gasteiger partial charge is 0.250 e. The SMILES string of the molecule is O=C(CN1CCC[C@H](NS(=O)(=O)/C=C/c2ccc(Cl)s2)C1=O)N1CC2C[C@@H](C1)Cn1c2cccc1=O. The number of halogens is 1. The van der Waals surface area contributed by atoms with Gasteiger partial charge in [0.25, 0.3) is 5.56 Å². The Kier molecular flexibility index (Phi) is 7.08. The number of likely N-dealkylation sites (tertiary alicyclic amines) is 2. The summed E-state index contributed by atoms with van der Waals surface area (Å²) in [6.07, 6.45) is 3.34. The normalized spacial score (nSPS) is 24.2. The molecule has 36 heavy (non-hydrogen) atoms. The number of carbonyl (C=O) groups is 2. The second-order valence-corrected chi connectivity index (χ2v) is 12.9. The second kappa shape index (κ2) is 10.1. The molecule has 3 atom stereocenters. The van der Waals surface area contributed by atoms with Gasteiger partial charge in [-0.25, -0.2) is 8.42 Å². The van der Waals surface area contributed by atoms with Crippen LogP contribution in [0.5, 0.6) is 0 Å². The number of hydrogen-bond acceptors (Lipinski definition) is 6. The van der Waals surface area contributed by atoms with Crippen LogP contribution in [0.1, 0.15) is 35.8 Å². The number of aromatic nitrogens is 1. The van der Waals surface area contributed by atoms with Crippen molar-refractivity contribution in [3.05, 3.63) is 61.0 Å². The third-order valence-electron chi connectivity index (χ3n) is 7.00. The van der Waals surface area contributed by atoms with Gasteiger partial charge in [-0.15, -0.1) is 11.3 Å². The highest BCUT2D eigenvalue weighted by atomic mass is 35.5. The Labute approximate surface area is 218 Å². The Hall–Kier alpha value is -2.47. The Bertz CT molecular complexity index is 1370. The molecule has 0 aliphatic carbocycles. The van der Waals surface area contributed by atoms with Gasteiger partial charge in [-0.1, -0.05) is 17.7 Å². The van der Waals surface area contributed by atoms with E-state index in [1.54, 1.807) is 29.2 Å². The highest BCUT2D eigenvalue weighted by Crippen LogP contribution is 2.35. The average Bonchev–Trinajstić information content (AvgIpc) is 3.26. The van der Waals surface area contributed by atoms with Gasteiger partial charge in [0.1, 0.15) is 6.04 Å². The Morgan fingerprint density at radius 1 is 1.17 bits per heavy atom. The molecule has 2 saturated heterocycles. The van der Waals surface area contributed by atoms with E-state index in [1.165, 1.54) is 22.3 Å². The van der Waals surface area contributed by atoms with E-state index in [2.05, 4.69) is 4.72 Å². The van der Waals surface area contributed by atoms with Crippen molar-refractivity contribution in [3.63, 3.8) is 0 Å². The van der Waals surface area contributed by atoms with E-state index in [1.807, 2.05) is 10.6 Å². The maximum Gasteiger partial charge on any atom is 0.250 e. The number of carbonyl (C=O) groups excluding carboxylic acids is 2. The first kappa shape index (κ1) is 25.2. The number of thiophene rings is 1. The van der Waals surface area contributed by atoms with E-state index in [9.17, 15) is 22.8 Å². The molecular weight excluding hydrogens is 524 g/mol. The molecule has 2 aromatic heterocycles. The lowest BCUT2D eigenvalue weighted by molar-refractivity contribution is -0.144. The van der Waals surface area contributed by atoms with Gasteiger partial charge in [0.15, 0.2) is 0 Å². The Balaban J connectivity index is 1.21. The third kappa shape index (κ3) is 5.44. The summed E-state index contributed by atoms with van der Waals surface area (Å²) in [6.45, 7) is 1.97. The van der Waals surface area contributed by atoms with Crippen LogP contribution in [0.15, 0.2) is 40.5 Å². The van der Waals surface area contributed by atoms with Gasteiger partial charge in [0, 0.05) is 54.1 Å². The molecule has 2 fully saturated rings. The van der Waals surface area contributed by atoms with Gasteiger partial charge in [0.05, 0.1) is 10.9 Å². The van der Waals surface area contributed by atoms with E-state index in [0.717, 1.165) is 17.5 Å². The topological polar surface area (TPSA) is 109 Å². The predicted molar refractivity (Wildman–Crippen MR) is 138 cm³/mol. The van der Waals surface area contributed by atoms with Crippen molar-refractivity contribution in [1.29, 1.82) is 0 Å². The van der Waals surface area contributed by atoms with Crippen LogP contribution in [0.2, 0.25) is 4.34 Å². The van der Waals surface area contributed by atoms with Gasteiger partial charge in [-0.05, 0) is 49.5 Å². The Morgan fingerprint density at radius 2 is 2.00 bits per heavy atom. The molecule has 3 aliphatic heterocycles. The number of fused-ring (bicyclic) bond motifs is 4. The molecule has 1 unspecified atom stereocenters. The molecule has 192 valence electrons. The summed E-state index contributed by atoms with van der Waals surface area (Å²) in [4.78, 5) is 42.4. The maximum absolute atomic E-state index is 13.2. The highest BCUT2D eigenvalue weighted by Gasteiger charge is 2.38. The fourth-order valence-electron chi connectivity index (χ4n) is 5.38. The first-order valence-electron chi connectivity index (χ1n) is 11.9. The van der Waals surface area contributed by atoms with E-state index >= 15 is 0 Å². The lowest BCUT2D eigenvalue weighted by atomic mass is 9.83. The van der Waals surface area contributed by atoms with E-state index in [4.69, 9.17) is 11.6 Å². The number of rotatable bonds is 6. The van der Waals surface area contributed by atoms with Gasteiger partial charge in [0.2, 0.25) is 21.8 Å². The summed E-state index contributed by atoms with van der Waals surface area (Å²) >= 11 is 7.13. The van der Waals surface area contributed by atoms with Gasteiger partial charge >= 0.3 is 0 Å². The lowest BCUT2D eigenvalue weighted by Crippen LogP contribution is -2.56. The van der Waals surface area contributed by atoms with Crippen molar-refractivity contribution in [1.82, 2.24) is 19.1 Å². The molecule has 5 heterocycles.